The number of aromatic amines is 2. The third kappa shape index (κ3) is 32.8. The number of fused-ring (bicyclic) bond motifs is 4. The lowest BCUT2D eigenvalue weighted by atomic mass is 9.99. The Morgan fingerprint density at radius 2 is 0.690 bits per heavy atom. The van der Waals surface area contributed by atoms with Crippen molar-refractivity contribution in [3.63, 3.8) is 0 Å². The fraction of sp³-hybridized carbons (Fsp3) is 0.632. The van der Waals surface area contributed by atoms with Crippen LogP contribution in [-0.2, 0) is 80.0 Å². The maximum Gasteiger partial charge on any atom is 0.246 e. The van der Waals surface area contributed by atoms with Gasteiger partial charge in [0.2, 0.25) is 82.7 Å². The molecule has 7 rings (SSSR count). The Kier molecular flexibility index (Phi) is 43.7. The summed E-state index contributed by atoms with van der Waals surface area (Å²) in [7, 11) is 0. The lowest BCUT2D eigenvalue weighted by Gasteiger charge is -2.34. The van der Waals surface area contributed by atoms with Crippen LogP contribution < -0.4 is 115 Å². The molecule has 0 spiro atoms. The highest BCUT2D eigenvalue weighted by Gasteiger charge is 2.46. The van der Waals surface area contributed by atoms with E-state index in [1.807, 2.05) is 0 Å². The van der Waals surface area contributed by atoms with Gasteiger partial charge in [-0.25, -0.2) is 0 Å². The van der Waals surface area contributed by atoms with Gasteiger partial charge in [0.05, 0.1) is 6.10 Å². The molecule has 2 aromatic carbocycles. The highest BCUT2D eigenvalue weighted by molar-refractivity contribution is 6.02. The summed E-state index contributed by atoms with van der Waals surface area (Å²) in [6.07, 6.45) is 5.11. The average molecular weight is 1810 g/mol. The summed E-state index contributed by atoms with van der Waals surface area (Å²) in [4.78, 5) is 228. The SMILES string of the molecule is CC(C)C[C@@H]1NC(=O)[C@H](Cc2c[nH]c3ccccc23)NC(=O)[C@H]([C@@H](C)O)NC(=O)[C@H]2CCCN2C(=O)[C@@H]2CCCN2C(=O)[C@H](CCCCN)NC(=O)[C@H](C)NC(=O)[C@H](CCCCN)NC(=O)[C@H](CCCCN)NC(=O)[C@H](Cc2c[nH]c3ccccc23)NC(=O)[C@H](CCCN=C(N)N)NC(=O)[C@H](CCCN=C(N)N)NC(=O)[C@H](CCCCN)NC(=O)[C@H](CCCCN)NC1=O. The number of nitrogens with one attached hydrogen (secondary N) is 14. The van der Waals surface area contributed by atoms with Crippen LogP contribution in [0, 0.1) is 5.92 Å². The van der Waals surface area contributed by atoms with E-state index in [2.05, 4.69) is 83.8 Å². The number of rotatable bonds is 35. The van der Waals surface area contributed by atoms with Crippen LogP contribution in [0.4, 0.5) is 0 Å². The molecule has 14 amide bonds. The lowest BCUT2D eigenvalue weighted by Crippen LogP contribution is -2.62. The summed E-state index contributed by atoms with van der Waals surface area (Å²) in [6.45, 7) is 7.23. The number of hydrogen-bond acceptors (Lipinski definition) is 22. The summed E-state index contributed by atoms with van der Waals surface area (Å²) in [5.74, 6) is -12.6. The Morgan fingerprint density at radius 1 is 0.372 bits per heavy atom. The minimum absolute atomic E-state index is 0.0145. The molecular weight excluding hydrogens is 1660 g/mol. The Morgan fingerprint density at radius 3 is 1.07 bits per heavy atom. The number of carbonyl (C=O) groups excluding carboxylic acids is 14. The van der Waals surface area contributed by atoms with Crippen molar-refractivity contribution in [2.75, 3.05) is 58.9 Å². The van der Waals surface area contributed by atoms with Gasteiger partial charge in [-0.05, 0) is 230 Å². The van der Waals surface area contributed by atoms with Crippen LogP contribution in [0.15, 0.2) is 70.9 Å². The third-order valence-corrected chi connectivity index (χ3v) is 23.3. The third-order valence-electron chi connectivity index (χ3n) is 23.3. The van der Waals surface area contributed by atoms with Crippen LogP contribution in [0.1, 0.15) is 193 Å². The van der Waals surface area contributed by atoms with Crippen molar-refractivity contribution in [3.8, 4) is 0 Å². The monoisotopic (exact) mass is 1800 g/mol. The number of H-pyrrole nitrogens is 2. The second-order valence-corrected chi connectivity index (χ2v) is 34.0. The van der Waals surface area contributed by atoms with E-state index in [0.717, 1.165) is 0 Å². The minimum atomic E-state index is -1.76. The van der Waals surface area contributed by atoms with Gasteiger partial charge < -0.3 is 140 Å². The highest BCUT2D eigenvalue weighted by atomic mass is 16.3. The number of aliphatic imine (C=N–C) groups is 2. The first-order chi connectivity index (χ1) is 61.8. The zero-order chi connectivity index (χ0) is 94.2. The largest absolute Gasteiger partial charge is 0.391 e. The van der Waals surface area contributed by atoms with Crippen LogP contribution >= 0.6 is 0 Å². The van der Waals surface area contributed by atoms with E-state index in [1.165, 1.54) is 23.6 Å². The van der Waals surface area contributed by atoms with Crippen molar-refractivity contribution in [2.24, 2.45) is 67.5 Å². The van der Waals surface area contributed by atoms with E-state index in [1.54, 1.807) is 74.8 Å². The molecule has 2 aromatic heterocycles. The molecular formula is C87H141N27O15. The molecule has 0 radical (unpaired) electrons. The van der Waals surface area contributed by atoms with Crippen LogP contribution in [0.3, 0.4) is 0 Å². The molecule has 42 nitrogen and oxygen atoms in total. The molecule has 4 aromatic rings. The van der Waals surface area contributed by atoms with E-state index in [9.17, 15) is 24.3 Å². The quantitative estimate of drug-likeness (QED) is 0.0120. The van der Waals surface area contributed by atoms with E-state index in [4.69, 9.17) is 51.6 Å². The first-order valence-electron chi connectivity index (χ1n) is 45.5. The number of nitrogens with two attached hydrogens (primary N) is 9. The van der Waals surface area contributed by atoms with Crippen molar-refractivity contribution in [3.05, 3.63) is 72.1 Å². The maximum absolute atomic E-state index is 15.4. The van der Waals surface area contributed by atoms with Gasteiger partial charge in [-0.3, -0.25) is 77.1 Å². The molecule has 42 heteroatoms. The van der Waals surface area contributed by atoms with Crippen molar-refractivity contribution < 1.29 is 72.2 Å². The number of aromatic nitrogens is 2. The van der Waals surface area contributed by atoms with Crippen LogP contribution in [0.5, 0.6) is 0 Å². The fourth-order valence-corrected chi connectivity index (χ4v) is 16.3. The van der Waals surface area contributed by atoms with Crippen molar-refractivity contribution in [1.82, 2.24) is 83.6 Å². The molecule has 5 heterocycles. The first-order valence-corrected chi connectivity index (χ1v) is 45.5. The van der Waals surface area contributed by atoms with E-state index >= 15 is 47.9 Å². The first kappa shape index (κ1) is 104. The smallest absolute Gasteiger partial charge is 0.246 e. The van der Waals surface area contributed by atoms with Crippen molar-refractivity contribution in [2.45, 2.75) is 285 Å². The predicted octanol–water partition coefficient (Wildman–Crippen LogP) is -3.55. The van der Waals surface area contributed by atoms with Gasteiger partial charge in [0, 0.05) is 73.2 Å². The number of unbranched alkanes of at least 4 members (excludes halogenated alkanes) is 5. The topological polar surface area (TPSA) is 701 Å². The number of benzene rings is 2. The summed E-state index contributed by atoms with van der Waals surface area (Å²) in [5.41, 5.74) is 55.2. The Balaban J connectivity index is 1.33. The number of carbonyl (C=O) groups is 14. The highest BCUT2D eigenvalue weighted by Crippen LogP contribution is 2.28. The van der Waals surface area contributed by atoms with Crippen LogP contribution in [0.2, 0.25) is 0 Å². The molecule has 129 heavy (non-hydrogen) atoms. The number of para-hydroxylation sites is 2. The van der Waals surface area contributed by atoms with Crippen molar-refractivity contribution >= 4 is 116 Å². The molecule has 0 aliphatic carbocycles. The van der Waals surface area contributed by atoms with Gasteiger partial charge in [-0.1, -0.05) is 50.2 Å². The molecule has 3 saturated heterocycles. The average Bonchev–Trinajstić information content (AvgIpc) is 1.66. The number of amides is 14. The number of guanidine groups is 2. The predicted molar refractivity (Wildman–Crippen MR) is 488 cm³/mol. The minimum Gasteiger partial charge on any atom is -0.391 e. The molecule has 0 bridgehead atoms. The molecule has 3 fully saturated rings. The Labute approximate surface area is 752 Å². The number of aliphatic hydroxyl groups is 1. The standard InChI is InChI=1S/C87H141N27O15/c1-50(2)45-66-79(123)106-61(29-11-16-38-90)76(120)103-60(28-10-15-37-89)74(118)104-63(32-19-41-97-86(93)94)77(121)105-64(33-20-42-98-87(95)96)78(122)110-67(46-53-48-99-57-25-7-5-23-55(53)57)80(124)107-62(30-12-17-39-91)75(119)102-59(27-9-14-36-88)73(117)101-51(3)72(116)108-65(31-13-18-40-92)84(128)114-44-22-35-70(114)85(129)113-43-21-34-69(113)82(126)112-71(52(4)115)83(127)111-68(81(125)109-66)47-54-49-100-58-26-8-6-24-56(54)58/h5-8,23-26,48-52,59-71,99-100,115H,9-22,27-47,88-92H2,1-4H3,(H,101,117)(H,102,119)(H,103,120)(H,104,118)(H,105,121)(H,106,123)(H,107,124)(H,108,116)(H,109,125)(H,110,122)(H,111,127)(H,112,126)(H4,93,94,97)(H4,95,96,98)/t51-,52+,59-,60-,61-,62-,63-,64-,65-,66-,67-,68-,69+,70-,71-/m0/s1. The molecule has 15 atom stereocenters. The molecule has 714 valence electrons. The van der Waals surface area contributed by atoms with Crippen LogP contribution in [0.25, 0.3) is 21.8 Å². The second-order valence-electron chi connectivity index (χ2n) is 34.0. The molecule has 3 aliphatic heterocycles. The fourth-order valence-electron chi connectivity index (χ4n) is 16.3. The molecule has 33 N–H and O–H groups in total. The number of hydrogen-bond donors (Lipinski definition) is 24. The van der Waals surface area contributed by atoms with Gasteiger partial charge >= 0.3 is 0 Å². The zero-order valence-electron chi connectivity index (χ0n) is 74.9. The van der Waals surface area contributed by atoms with E-state index in [0.29, 0.717) is 90.7 Å². The summed E-state index contributed by atoms with van der Waals surface area (Å²) < 4.78 is 0. The van der Waals surface area contributed by atoms with Gasteiger partial charge in [-0.15, -0.1) is 0 Å². The Bertz CT molecular complexity index is 4430. The summed E-state index contributed by atoms with van der Waals surface area (Å²) >= 11 is 0. The number of aliphatic hydroxyl groups excluding tert-OH is 1. The number of nitrogens with zero attached hydrogens (tertiary/aromatic N) is 4. The van der Waals surface area contributed by atoms with Gasteiger partial charge in [0.15, 0.2) is 11.9 Å². The van der Waals surface area contributed by atoms with E-state index < -0.39 is 173 Å². The lowest BCUT2D eigenvalue weighted by molar-refractivity contribution is -0.148. The Hall–Kier alpha value is -11.6. The van der Waals surface area contributed by atoms with E-state index in [-0.39, 0.29) is 186 Å². The molecule has 0 saturated carbocycles. The summed E-state index contributed by atoms with van der Waals surface area (Å²) in [5, 5.41) is 46.1. The van der Waals surface area contributed by atoms with Gasteiger partial charge in [-0.2, -0.15) is 0 Å². The molecule has 3 aliphatic rings. The van der Waals surface area contributed by atoms with Gasteiger partial charge in [0.25, 0.3) is 0 Å². The van der Waals surface area contributed by atoms with Crippen molar-refractivity contribution in [1.29, 1.82) is 0 Å². The zero-order valence-corrected chi connectivity index (χ0v) is 74.9. The normalized spacial score (nSPS) is 24.6. The second kappa shape index (κ2) is 54.0. The van der Waals surface area contributed by atoms with Crippen LogP contribution in [-0.4, -0.2) is 269 Å². The van der Waals surface area contributed by atoms with Gasteiger partial charge in [0.1, 0.15) is 84.6 Å². The summed E-state index contributed by atoms with van der Waals surface area (Å²) in [6, 6.07) is -5.66. The maximum atomic E-state index is 15.4. The molecule has 0 unspecified atom stereocenters.